The maximum Gasteiger partial charge on any atom is 0.416 e. The summed E-state index contributed by atoms with van der Waals surface area (Å²) in [6.07, 6.45) is 0.409. The average Bonchev–Trinajstić information content (AvgIpc) is 3.61. The van der Waals surface area contributed by atoms with E-state index in [1.807, 2.05) is 13.8 Å². The third-order valence-corrected chi connectivity index (χ3v) is 6.46. The fourth-order valence-electron chi connectivity index (χ4n) is 4.45. The molecule has 0 N–H and O–H groups in total. The van der Waals surface area contributed by atoms with Crippen LogP contribution >= 0.6 is 0 Å². The molecule has 1 saturated heterocycles. The number of alkyl halides is 3. The van der Waals surface area contributed by atoms with Crippen molar-refractivity contribution in [2.24, 2.45) is 0 Å². The number of hydrogen-bond acceptors (Lipinski definition) is 5. The molecule has 0 atom stereocenters. The van der Waals surface area contributed by atoms with Crippen molar-refractivity contribution >= 4 is 5.91 Å². The summed E-state index contributed by atoms with van der Waals surface area (Å²) in [5.41, 5.74) is 1.69. The Morgan fingerprint density at radius 2 is 1.78 bits per heavy atom. The fraction of sp³-hybridized carbons (Fsp3) is 0.320. The highest BCUT2D eigenvalue weighted by atomic mass is 19.4. The first-order valence-corrected chi connectivity index (χ1v) is 11.5. The van der Waals surface area contributed by atoms with Gasteiger partial charge < -0.3 is 14.0 Å². The Balaban J connectivity index is 1.40. The molecule has 1 amide bonds. The molecule has 0 saturated carbocycles. The predicted octanol–water partition coefficient (Wildman–Crippen LogP) is 4.24. The van der Waals surface area contributed by atoms with Gasteiger partial charge in [-0.1, -0.05) is 11.2 Å². The van der Waals surface area contributed by atoms with Crippen LogP contribution in [0.2, 0.25) is 0 Å². The van der Waals surface area contributed by atoms with Gasteiger partial charge in [0.25, 0.3) is 5.91 Å². The molecule has 0 unspecified atom stereocenters. The molecule has 0 bridgehead atoms. The highest BCUT2D eigenvalue weighted by Crippen LogP contribution is 2.31. The molecule has 188 valence electrons. The smallest absolute Gasteiger partial charge is 0.361 e. The highest BCUT2D eigenvalue weighted by molar-refractivity contribution is 5.97. The normalized spacial score (nSPS) is 15.0. The molecule has 1 aliphatic rings. The van der Waals surface area contributed by atoms with Crippen LogP contribution in [-0.2, 0) is 12.7 Å². The van der Waals surface area contributed by atoms with Gasteiger partial charge in [-0.15, -0.1) is 0 Å². The van der Waals surface area contributed by atoms with Crippen molar-refractivity contribution in [2.45, 2.75) is 26.6 Å². The quantitative estimate of drug-likeness (QED) is 0.412. The number of piperazine rings is 1. The van der Waals surface area contributed by atoms with Crippen LogP contribution in [-0.4, -0.2) is 61.4 Å². The van der Waals surface area contributed by atoms with E-state index in [2.05, 4.69) is 15.2 Å². The van der Waals surface area contributed by atoms with Crippen molar-refractivity contribution in [3.05, 3.63) is 83.1 Å². The Morgan fingerprint density at radius 3 is 2.42 bits per heavy atom. The van der Waals surface area contributed by atoms with E-state index in [0.717, 1.165) is 29.2 Å². The Morgan fingerprint density at radius 1 is 1.06 bits per heavy atom. The number of hydrogen-bond donors (Lipinski definition) is 0. The first-order chi connectivity index (χ1) is 17.2. The van der Waals surface area contributed by atoms with Crippen molar-refractivity contribution in [3.63, 3.8) is 0 Å². The number of benzene rings is 1. The predicted molar refractivity (Wildman–Crippen MR) is 125 cm³/mol. The summed E-state index contributed by atoms with van der Waals surface area (Å²) in [7, 11) is 0. The van der Waals surface area contributed by atoms with E-state index < -0.39 is 11.7 Å². The number of nitrogens with zero attached hydrogens (tertiary/aromatic N) is 6. The monoisotopic (exact) mass is 498 g/mol. The second kappa shape index (κ2) is 9.30. The van der Waals surface area contributed by atoms with E-state index in [-0.39, 0.29) is 11.6 Å². The molecule has 1 aromatic carbocycles. The molecule has 4 aromatic rings. The lowest BCUT2D eigenvalue weighted by molar-refractivity contribution is -0.137. The van der Waals surface area contributed by atoms with Gasteiger partial charge in [0.1, 0.15) is 11.3 Å². The van der Waals surface area contributed by atoms with Crippen LogP contribution in [0, 0.1) is 13.8 Å². The standard InChI is InChI=1S/C25H25F3N6O2/c1-17-22(18(2)36-30-17)16-31-10-12-33(13-11-31)24(35)21-15-29-34(23(21)32-8-3-4-9-32)20-7-5-6-19(14-20)25(26,27)28/h3-9,14-15H,10-13,16H2,1-2H3. The van der Waals surface area contributed by atoms with Gasteiger partial charge in [-0.3, -0.25) is 9.69 Å². The van der Waals surface area contributed by atoms with E-state index in [9.17, 15) is 18.0 Å². The van der Waals surface area contributed by atoms with Crippen LogP contribution < -0.4 is 0 Å². The molecule has 1 aliphatic heterocycles. The summed E-state index contributed by atoms with van der Waals surface area (Å²) >= 11 is 0. The van der Waals surface area contributed by atoms with Crippen LogP contribution in [0.15, 0.2) is 59.5 Å². The van der Waals surface area contributed by atoms with Gasteiger partial charge in [-0.25, -0.2) is 4.68 Å². The summed E-state index contributed by atoms with van der Waals surface area (Å²) in [5, 5.41) is 8.32. The van der Waals surface area contributed by atoms with Crippen molar-refractivity contribution in [1.29, 1.82) is 0 Å². The minimum Gasteiger partial charge on any atom is -0.361 e. The van der Waals surface area contributed by atoms with Crippen molar-refractivity contribution in [2.75, 3.05) is 26.2 Å². The first kappa shape index (κ1) is 23.9. The highest BCUT2D eigenvalue weighted by Gasteiger charge is 2.32. The Kier molecular flexibility index (Phi) is 6.17. The molecule has 4 heterocycles. The molecular formula is C25H25F3N6O2. The minimum atomic E-state index is -4.49. The maximum absolute atomic E-state index is 13.6. The summed E-state index contributed by atoms with van der Waals surface area (Å²) in [6, 6.07) is 8.48. The average molecular weight is 499 g/mol. The van der Waals surface area contributed by atoms with Gasteiger partial charge in [-0.05, 0) is 44.2 Å². The Bertz CT molecular complexity index is 1350. The van der Waals surface area contributed by atoms with E-state index in [1.165, 1.54) is 23.0 Å². The van der Waals surface area contributed by atoms with Gasteiger partial charge in [0, 0.05) is 50.7 Å². The second-order valence-electron chi connectivity index (χ2n) is 8.80. The lowest BCUT2D eigenvalue weighted by Gasteiger charge is -2.34. The third kappa shape index (κ3) is 4.53. The molecule has 5 rings (SSSR count). The van der Waals surface area contributed by atoms with E-state index >= 15 is 0 Å². The van der Waals surface area contributed by atoms with Crippen molar-refractivity contribution in [1.82, 2.24) is 29.3 Å². The zero-order valence-corrected chi connectivity index (χ0v) is 19.9. The molecule has 36 heavy (non-hydrogen) atoms. The molecule has 0 aliphatic carbocycles. The van der Waals surface area contributed by atoms with Crippen LogP contribution in [0.3, 0.4) is 0 Å². The van der Waals surface area contributed by atoms with Crippen LogP contribution in [0.25, 0.3) is 11.5 Å². The molecular weight excluding hydrogens is 473 g/mol. The van der Waals surface area contributed by atoms with Crippen LogP contribution in [0.4, 0.5) is 13.2 Å². The fourth-order valence-corrected chi connectivity index (χ4v) is 4.45. The van der Waals surface area contributed by atoms with E-state index in [4.69, 9.17) is 4.52 Å². The van der Waals surface area contributed by atoms with Gasteiger partial charge in [-0.2, -0.15) is 18.3 Å². The molecule has 1 fully saturated rings. The summed E-state index contributed by atoms with van der Waals surface area (Å²) < 4.78 is 48.3. The van der Waals surface area contributed by atoms with E-state index in [1.54, 1.807) is 34.0 Å². The number of amides is 1. The molecule has 11 heteroatoms. The number of rotatable bonds is 5. The minimum absolute atomic E-state index is 0.214. The third-order valence-electron chi connectivity index (χ3n) is 6.46. The number of halogens is 3. The molecule has 8 nitrogen and oxygen atoms in total. The second-order valence-corrected chi connectivity index (χ2v) is 8.80. The molecule has 0 spiro atoms. The van der Waals surface area contributed by atoms with Gasteiger partial charge in [0.05, 0.1) is 23.1 Å². The Hall–Kier alpha value is -3.86. The zero-order valence-electron chi connectivity index (χ0n) is 19.9. The van der Waals surface area contributed by atoms with Crippen LogP contribution in [0.5, 0.6) is 0 Å². The number of carbonyl (C=O) groups excluding carboxylic acids is 1. The van der Waals surface area contributed by atoms with Gasteiger partial charge in [0.2, 0.25) is 0 Å². The lowest BCUT2D eigenvalue weighted by atomic mass is 10.1. The topological polar surface area (TPSA) is 72.3 Å². The lowest BCUT2D eigenvalue weighted by Crippen LogP contribution is -2.48. The Labute approximate surface area is 205 Å². The summed E-state index contributed by atoms with van der Waals surface area (Å²) in [4.78, 5) is 17.6. The van der Waals surface area contributed by atoms with Gasteiger partial charge in [0.15, 0.2) is 5.82 Å². The summed E-state index contributed by atoms with van der Waals surface area (Å²) in [6.45, 7) is 6.89. The number of aryl methyl sites for hydroxylation is 2. The van der Waals surface area contributed by atoms with Gasteiger partial charge >= 0.3 is 6.18 Å². The maximum atomic E-state index is 13.6. The number of carbonyl (C=O) groups is 1. The molecule has 0 radical (unpaired) electrons. The van der Waals surface area contributed by atoms with Crippen molar-refractivity contribution in [3.8, 4) is 11.5 Å². The van der Waals surface area contributed by atoms with Crippen molar-refractivity contribution < 1.29 is 22.5 Å². The zero-order chi connectivity index (χ0) is 25.4. The SMILES string of the molecule is Cc1noc(C)c1CN1CCN(C(=O)c2cnn(-c3cccc(C(F)(F)F)c3)c2-n2cccc2)CC1. The largest absolute Gasteiger partial charge is 0.416 e. The van der Waals surface area contributed by atoms with E-state index in [0.29, 0.717) is 44.1 Å². The van der Waals surface area contributed by atoms with Crippen LogP contribution in [0.1, 0.15) is 32.9 Å². The first-order valence-electron chi connectivity index (χ1n) is 11.5. The summed E-state index contributed by atoms with van der Waals surface area (Å²) in [5.74, 6) is 0.973. The number of aromatic nitrogens is 4. The molecule has 3 aromatic heterocycles.